The molecule has 4 fully saturated rings. The Bertz CT molecular complexity index is 597. The van der Waals surface area contributed by atoms with Crippen molar-refractivity contribution in [1.82, 2.24) is 0 Å². The number of hydrogen-bond acceptors (Lipinski definition) is 10. The molecule has 4 aliphatic rings. The van der Waals surface area contributed by atoms with Crippen LogP contribution in [0.2, 0.25) is 0 Å². The van der Waals surface area contributed by atoms with Gasteiger partial charge in [-0.3, -0.25) is 0 Å². The van der Waals surface area contributed by atoms with Crippen molar-refractivity contribution in [3.05, 3.63) is 0 Å². The molecule has 3 aliphatic heterocycles. The van der Waals surface area contributed by atoms with Gasteiger partial charge in [-0.05, 0) is 18.3 Å². The second kappa shape index (κ2) is 8.86. The van der Waals surface area contributed by atoms with E-state index in [-0.39, 0.29) is 36.1 Å². The van der Waals surface area contributed by atoms with Crippen molar-refractivity contribution in [2.75, 3.05) is 13.2 Å². The first kappa shape index (κ1) is 22.8. The van der Waals surface area contributed by atoms with Crippen LogP contribution in [0.4, 0.5) is 0 Å². The van der Waals surface area contributed by atoms with E-state index < -0.39 is 55.8 Å². The lowest BCUT2D eigenvalue weighted by molar-refractivity contribution is -0.299. The third kappa shape index (κ3) is 4.03. The van der Waals surface area contributed by atoms with Gasteiger partial charge in [-0.2, -0.15) is 0 Å². The van der Waals surface area contributed by atoms with Gasteiger partial charge in [-0.15, -0.1) is 0 Å². The average Bonchev–Trinajstić information content (AvgIpc) is 3.48. The highest BCUT2D eigenvalue weighted by Crippen LogP contribution is 2.43. The second-order valence-electron chi connectivity index (χ2n) is 9.29. The number of rotatable bonds is 6. The van der Waals surface area contributed by atoms with Gasteiger partial charge in [0.05, 0.1) is 24.9 Å². The van der Waals surface area contributed by atoms with Gasteiger partial charge < -0.3 is 49.8 Å². The van der Waals surface area contributed by atoms with Gasteiger partial charge in [-0.1, -0.05) is 20.8 Å². The normalized spacial score (nSPS) is 56.0. The smallest absolute Gasteiger partial charge is 0.187 e. The Morgan fingerprint density at radius 1 is 0.800 bits per heavy atom. The first-order valence-electron chi connectivity index (χ1n) is 10.9. The fraction of sp³-hybridized carbons (Fsp3) is 1.00. The molecule has 1 aliphatic carbocycles. The molecule has 4 rings (SSSR count). The van der Waals surface area contributed by atoms with Crippen LogP contribution >= 0.6 is 0 Å². The van der Waals surface area contributed by atoms with Crippen molar-refractivity contribution >= 4 is 0 Å². The molecule has 0 bridgehead atoms. The Morgan fingerprint density at radius 2 is 1.47 bits per heavy atom. The zero-order valence-corrected chi connectivity index (χ0v) is 17.6. The third-order valence-electron chi connectivity index (χ3n) is 7.05. The molecule has 0 aromatic carbocycles. The summed E-state index contributed by atoms with van der Waals surface area (Å²) in [5.74, 6) is -0.0221. The fourth-order valence-corrected chi connectivity index (χ4v) is 5.09. The lowest BCUT2D eigenvalue weighted by Gasteiger charge is -2.45. The number of fused-ring (bicyclic) bond motifs is 1. The predicted octanol–water partition coefficient (Wildman–Crippen LogP) is -1.68. The molecule has 10 nitrogen and oxygen atoms in total. The summed E-state index contributed by atoms with van der Waals surface area (Å²) in [6.07, 6.45) is -6.96. The topological polar surface area (TPSA) is 156 Å². The first-order chi connectivity index (χ1) is 14.3. The van der Waals surface area contributed by atoms with Crippen molar-refractivity contribution in [3.63, 3.8) is 0 Å². The molecule has 0 amide bonds. The third-order valence-corrected chi connectivity index (χ3v) is 7.05. The quantitative estimate of drug-likeness (QED) is 0.307. The standard InChI is InChI=1S/C20H35NO9/c1-7-4-8(2)15(29-19-9(3)16-17(28-16)10(5-21)26-19)18(12(7)23)30-20-14(25)13(24)11(6-22)27-20/h7-20,22-25H,4-6,21H2,1-3H3. The minimum absolute atomic E-state index is 0.00365. The highest BCUT2D eigenvalue weighted by atomic mass is 16.7. The molecule has 6 N–H and O–H groups in total. The molecule has 0 aromatic heterocycles. The molecule has 14 unspecified atom stereocenters. The number of aliphatic hydroxyl groups excluding tert-OH is 4. The van der Waals surface area contributed by atoms with E-state index >= 15 is 0 Å². The SMILES string of the molecule is CC1CC(C)C(OC2OC(CN)C3OC3C2C)C(OC2OC(CO)C(O)C2O)C1O. The predicted molar refractivity (Wildman–Crippen MR) is 102 cm³/mol. The molecule has 0 spiro atoms. The van der Waals surface area contributed by atoms with Crippen molar-refractivity contribution < 1.29 is 44.1 Å². The van der Waals surface area contributed by atoms with Gasteiger partial charge in [0.1, 0.15) is 36.6 Å². The van der Waals surface area contributed by atoms with Crippen molar-refractivity contribution in [3.8, 4) is 0 Å². The molecule has 14 atom stereocenters. The Hall–Kier alpha value is -0.400. The molecule has 0 radical (unpaired) electrons. The molecule has 0 aromatic rings. The molecule has 3 heterocycles. The summed E-state index contributed by atoms with van der Waals surface area (Å²) in [7, 11) is 0. The Morgan fingerprint density at radius 3 is 2.10 bits per heavy atom. The van der Waals surface area contributed by atoms with Crippen LogP contribution in [0.3, 0.4) is 0 Å². The summed E-state index contributed by atoms with van der Waals surface area (Å²) in [6, 6.07) is 0. The summed E-state index contributed by atoms with van der Waals surface area (Å²) in [5, 5.41) is 40.5. The minimum Gasteiger partial charge on any atom is -0.394 e. The van der Waals surface area contributed by atoms with Crippen molar-refractivity contribution in [2.24, 2.45) is 23.5 Å². The van der Waals surface area contributed by atoms with Crippen LogP contribution in [0.25, 0.3) is 0 Å². The van der Waals surface area contributed by atoms with Gasteiger partial charge >= 0.3 is 0 Å². The van der Waals surface area contributed by atoms with E-state index in [1.807, 2.05) is 20.8 Å². The van der Waals surface area contributed by atoms with Crippen LogP contribution in [0.15, 0.2) is 0 Å². The van der Waals surface area contributed by atoms with Crippen LogP contribution in [-0.4, -0.2) is 101 Å². The van der Waals surface area contributed by atoms with E-state index in [9.17, 15) is 20.4 Å². The summed E-state index contributed by atoms with van der Waals surface area (Å²) < 4.78 is 29.5. The largest absolute Gasteiger partial charge is 0.394 e. The van der Waals surface area contributed by atoms with Crippen molar-refractivity contribution in [1.29, 1.82) is 0 Å². The zero-order chi connectivity index (χ0) is 21.7. The highest BCUT2D eigenvalue weighted by molar-refractivity contribution is 5.01. The minimum atomic E-state index is -1.34. The Kier molecular flexibility index (Phi) is 6.72. The molecular formula is C20H35NO9. The number of nitrogens with two attached hydrogens (primary N) is 1. The monoisotopic (exact) mass is 433 g/mol. The van der Waals surface area contributed by atoms with Crippen LogP contribution in [-0.2, 0) is 23.7 Å². The van der Waals surface area contributed by atoms with Gasteiger partial charge in [0.2, 0.25) is 0 Å². The summed E-state index contributed by atoms with van der Waals surface area (Å²) >= 11 is 0. The molecule has 174 valence electrons. The molecule has 10 heteroatoms. The van der Waals surface area contributed by atoms with Crippen LogP contribution < -0.4 is 5.73 Å². The van der Waals surface area contributed by atoms with Crippen LogP contribution in [0.5, 0.6) is 0 Å². The van der Waals surface area contributed by atoms with Gasteiger partial charge in [0.25, 0.3) is 0 Å². The van der Waals surface area contributed by atoms with E-state index in [0.29, 0.717) is 6.54 Å². The van der Waals surface area contributed by atoms with Crippen LogP contribution in [0, 0.1) is 17.8 Å². The summed E-state index contributed by atoms with van der Waals surface area (Å²) in [5.41, 5.74) is 5.81. The van der Waals surface area contributed by atoms with Crippen LogP contribution in [0.1, 0.15) is 27.2 Å². The number of hydrogen-bond donors (Lipinski definition) is 5. The van der Waals surface area contributed by atoms with E-state index in [2.05, 4.69) is 0 Å². The molecule has 30 heavy (non-hydrogen) atoms. The van der Waals surface area contributed by atoms with Gasteiger partial charge in [-0.25, -0.2) is 0 Å². The maximum atomic E-state index is 10.9. The maximum Gasteiger partial charge on any atom is 0.187 e. The van der Waals surface area contributed by atoms with E-state index in [4.69, 9.17) is 29.4 Å². The van der Waals surface area contributed by atoms with E-state index in [1.54, 1.807) is 0 Å². The number of ether oxygens (including phenoxy) is 5. The first-order valence-corrected chi connectivity index (χ1v) is 10.9. The highest BCUT2D eigenvalue weighted by Gasteiger charge is 2.57. The second-order valence-corrected chi connectivity index (χ2v) is 9.29. The van der Waals surface area contributed by atoms with Gasteiger partial charge in [0.15, 0.2) is 12.6 Å². The fourth-order valence-electron chi connectivity index (χ4n) is 5.09. The van der Waals surface area contributed by atoms with E-state index in [0.717, 1.165) is 6.42 Å². The lowest BCUT2D eigenvalue weighted by atomic mass is 9.77. The van der Waals surface area contributed by atoms with E-state index in [1.165, 1.54) is 0 Å². The Labute approximate surface area is 176 Å². The summed E-state index contributed by atoms with van der Waals surface area (Å²) in [6.45, 7) is 5.82. The maximum absolute atomic E-state index is 10.9. The molecular weight excluding hydrogens is 398 g/mol. The van der Waals surface area contributed by atoms with Crippen molar-refractivity contribution in [2.45, 2.75) is 94.7 Å². The van der Waals surface area contributed by atoms with Gasteiger partial charge in [0, 0.05) is 12.5 Å². The Balaban J connectivity index is 1.49. The summed E-state index contributed by atoms with van der Waals surface area (Å²) in [4.78, 5) is 0. The lowest BCUT2D eigenvalue weighted by Crippen LogP contribution is -2.57. The zero-order valence-electron chi connectivity index (χ0n) is 17.6. The average molecular weight is 433 g/mol. The molecule has 3 saturated heterocycles. The number of aliphatic hydroxyl groups is 4. The molecule has 1 saturated carbocycles. The number of epoxide rings is 1.